The molecule has 0 saturated heterocycles. The SMILES string of the molecule is O=NN([O-])c1c[nH]c2ccccc12. The highest BCUT2D eigenvalue weighted by atomic mass is 16.6. The Kier molecular flexibility index (Phi) is 1.71. The van der Waals surface area contributed by atoms with Crippen LogP contribution in [-0.2, 0) is 0 Å². The van der Waals surface area contributed by atoms with E-state index in [-0.39, 0.29) is 10.9 Å². The Balaban J connectivity index is 2.64. The van der Waals surface area contributed by atoms with E-state index in [0.29, 0.717) is 5.39 Å². The largest absolute Gasteiger partial charge is 0.735 e. The van der Waals surface area contributed by atoms with E-state index in [1.807, 2.05) is 12.1 Å². The van der Waals surface area contributed by atoms with Crippen molar-refractivity contribution >= 4 is 16.6 Å². The fraction of sp³-hybridized carbons (Fsp3) is 0. The maximum Gasteiger partial charge on any atom is 0.0753 e. The molecule has 0 unspecified atom stereocenters. The van der Waals surface area contributed by atoms with Gasteiger partial charge in [0.1, 0.15) is 0 Å². The lowest BCUT2D eigenvalue weighted by Gasteiger charge is -2.17. The van der Waals surface area contributed by atoms with Crippen LogP contribution in [0, 0.1) is 10.1 Å². The monoisotopic (exact) mass is 176 g/mol. The van der Waals surface area contributed by atoms with Crippen LogP contribution in [0.15, 0.2) is 35.7 Å². The predicted octanol–water partition coefficient (Wildman–Crippen LogP) is 2.15. The van der Waals surface area contributed by atoms with Gasteiger partial charge in [0.15, 0.2) is 0 Å². The molecule has 66 valence electrons. The van der Waals surface area contributed by atoms with E-state index in [9.17, 15) is 10.1 Å². The molecule has 0 atom stereocenters. The summed E-state index contributed by atoms with van der Waals surface area (Å²) in [6.07, 6.45) is 1.46. The number of fused-ring (bicyclic) bond motifs is 1. The number of nitroso groups, excluding NO2 is 1. The van der Waals surface area contributed by atoms with Gasteiger partial charge in [-0.15, -0.1) is 4.91 Å². The first kappa shape index (κ1) is 7.75. The number of aromatic nitrogens is 1. The van der Waals surface area contributed by atoms with Gasteiger partial charge in [0, 0.05) is 22.4 Å². The Morgan fingerprint density at radius 2 is 2.15 bits per heavy atom. The van der Waals surface area contributed by atoms with Crippen molar-refractivity contribution in [2.75, 3.05) is 5.17 Å². The molecule has 5 heteroatoms. The van der Waals surface area contributed by atoms with Crippen LogP contribution < -0.4 is 5.17 Å². The Morgan fingerprint density at radius 3 is 2.92 bits per heavy atom. The molecule has 0 fully saturated rings. The van der Waals surface area contributed by atoms with E-state index in [2.05, 4.69) is 10.3 Å². The molecule has 0 amide bonds. The number of para-hydroxylation sites is 1. The summed E-state index contributed by atoms with van der Waals surface area (Å²) in [5, 5.41) is 13.9. The molecule has 1 heterocycles. The molecule has 0 aliphatic carbocycles. The third-order valence-electron chi connectivity index (χ3n) is 1.85. The molecule has 0 aliphatic rings. The molecular weight excluding hydrogens is 170 g/mol. The summed E-state index contributed by atoms with van der Waals surface area (Å²) in [6.45, 7) is 0. The van der Waals surface area contributed by atoms with Gasteiger partial charge >= 0.3 is 0 Å². The highest BCUT2D eigenvalue weighted by Gasteiger charge is 2.03. The van der Waals surface area contributed by atoms with Gasteiger partial charge in [-0.25, -0.2) is 0 Å². The average molecular weight is 176 g/mol. The fourth-order valence-electron chi connectivity index (χ4n) is 1.26. The second-order valence-electron chi connectivity index (χ2n) is 2.57. The van der Waals surface area contributed by atoms with Gasteiger partial charge < -0.3 is 10.2 Å². The third-order valence-corrected chi connectivity index (χ3v) is 1.85. The number of hydrogen-bond acceptors (Lipinski definition) is 3. The van der Waals surface area contributed by atoms with Gasteiger partial charge in [-0.3, -0.25) is 5.17 Å². The van der Waals surface area contributed by atoms with Crippen LogP contribution in [-0.4, -0.2) is 4.98 Å². The molecule has 1 N–H and O–H groups in total. The van der Waals surface area contributed by atoms with Crippen molar-refractivity contribution in [1.29, 1.82) is 0 Å². The van der Waals surface area contributed by atoms with Crippen LogP contribution in [0.3, 0.4) is 0 Å². The second-order valence-corrected chi connectivity index (χ2v) is 2.57. The Labute approximate surface area is 73.5 Å². The number of nitrogens with zero attached hydrogens (tertiary/aromatic N) is 2. The van der Waals surface area contributed by atoms with Crippen molar-refractivity contribution in [3.8, 4) is 0 Å². The van der Waals surface area contributed by atoms with Crippen molar-refractivity contribution < 1.29 is 0 Å². The first-order chi connectivity index (χ1) is 6.33. The van der Waals surface area contributed by atoms with Gasteiger partial charge in [-0.1, -0.05) is 18.2 Å². The van der Waals surface area contributed by atoms with Crippen molar-refractivity contribution in [3.63, 3.8) is 0 Å². The van der Waals surface area contributed by atoms with Gasteiger partial charge in [0.05, 0.1) is 5.69 Å². The van der Waals surface area contributed by atoms with E-state index in [0.717, 1.165) is 5.52 Å². The summed E-state index contributed by atoms with van der Waals surface area (Å²) >= 11 is 0. The van der Waals surface area contributed by atoms with Crippen molar-refractivity contribution in [2.45, 2.75) is 0 Å². The summed E-state index contributed by atoms with van der Waals surface area (Å²) in [7, 11) is 0. The molecule has 0 bridgehead atoms. The molecule has 2 aromatic rings. The zero-order valence-corrected chi connectivity index (χ0v) is 6.60. The lowest BCUT2D eigenvalue weighted by Crippen LogP contribution is -2.02. The van der Waals surface area contributed by atoms with Crippen molar-refractivity contribution in [1.82, 2.24) is 4.98 Å². The number of benzene rings is 1. The van der Waals surface area contributed by atoms with Crippen LogP contribution >= 0.6 is 0 Å². The quantitative estimate of drug-likeness (QED) is 0.562. The molecule has 1 aromatic carbocycles. The number of nitrogens with one attached hydrogen (secondary N) is 1. The molecule has 13 heavy (non-hydrogen) atoms. The maximum atomic E-state index is 10.9. The number of hydrogen-bond donors (Lipinski definition) is 1. The lowest BCUT2D eigenvalue weighted by molar-refractivity contribution is 1.08. The van der Waals surface area contributed by atoms with Crippen LogP contribution in [0.5, 0.6) is 0 Å². The standard InChI is InChI=1S/C8H6N3O2/c12-10-11(13)8-5-9-7-4-2-1-3-6(7)8/h1-5,9H/q-1. The molecule has 1 aromatic heterocycles. The summed E-state index contributed by atoms with van der Waals surface area (Å²) in [5.74, 6) is 0. The number of H-pyrrole nitrogens is 1. The smallest absolute Gasteiger partial charge is 0.0753 e. The van der Waals surface area contributed by atoms with Crippen LogP contribution in [0.25, 0.3) is 10.9 Å². The molecule has 5 nitrogen and oxygen atoms in total. The summed E-state index contributed by atoms with van der Waals surface area (Å²) in [5.41, 5.74) is 1.05. The first-order valence-electron chi connectivity index (χ1n) is 3.69. The minimum atomic E-state index is 0.0544. The second kappa shape index (κ2) is 2.87. The third kappa shape index (κ3) is 1.15. The number of anilines is 1. The molecule has 2 rings (SSSR count). The zero-order chi connectivity index (χ0) is 9.26. The van der Waals surface area contributed by atoms with E-state index in [1.54, 1.807) is 12.1 Å². The zero-order valence-electron chi connectivity index (χ0n) is 6.60. The normalized spacial score (nSPS) is 10.2. The number of rotatable bonds is 2. The van der Waals surface area contributed by atoms with Crippen LogP contribution in [0.4, 0.5) is 5.69 Å². The first-order valence-corrected chi connectivity index (χ1v) is 3.69. The Hall–Kier alpha value is -1.88. The summed E-state index contributed by atoms with van der Waals surface area (Å²) in [6, 6.07) is 7.19. The molecule has 0 radical (unpaired) electrons. The van der Waals surface area contributed by atoms with Gasteiger partial charge in [-0.2, -0.15) is 0 Å². The molecule has 0 saturated carbocycles. The van der Waals surface area contributed by atoms with Gasteiger partial charge in [-0.05, 0) is 6.07 Å². The molecular formula is C8H6N3O2-. The highest BCUT2D eigenvalue weighted by molar-refractivity contribution is 5.92. The summed E-state index contributed by atoms with van der Waals surface area (Å²) in [4.78, 5) is 12.9. The topological polar surface area (TPSA) is 71.5 Å². The van der Waals surface area contributed by atoms with Crippen molar-refractivity contribution in [3.05, 3.63) is 40.6 Å². The average Bonchev–Trinajstić information content (AvgIpc) is 2.60. The van der Waals surface area contributed by atoms with Crippen LogP contribution in [0.2, 0.25) is 0 Å². The van der Waals surface area contributed by atoms with E-state index >= 15 is 0 Å². The minimum Gasteiger partial charge on any atom is -0.735 e. The Bertz CT molecular complexity index is 438. The van der Waals surface area contributed by atoms with E-state index in [4.69, 9.17) is 0 Å². The molecule has 0 spiro atoms. The highest BCUT2D eigenvalue weighted by Crippen LogP contribution is 2.25. The predicted molar refractivity (Wildman–Crippen MR) is 49.9 cm³/mol. The summed E-state index contributed by atoms with van der Waals surface area (Å²) < 4.78 is 0. The van der Waals surface area contributed by atoms with Gasteiger partial charge in [0.25, 0.3) is 0 Å². The van der Waals surface area contributed by atoms with Gasteiger partial charge in [0.2, 0.25) is 0 Å². The fourth-order valence-corrected chi connectivity index (χ4v) is 1.26. The molecule has 0 aliphatic heterocycles. The number of aromatic amines is 1. The minimum absolute atomic E-state index is 0.0544. The van der Waals surface area contributed by atoms with Crippen molar-refractivity contribution in [2.24, 2.45) is 5.29 Å². The lowest BCUT2D eigenvalue weighted by atomic mass is 10.2. The van der Waals surface area contributed by atoms with E-state index in [1.165, 1.54) is 6.20 Å². The Morgan fingerprint density at radius 1 is 1.38 bits per heavy atom. The maximum absolute atomic E-state index is 10.9. The van der Waals surface area contributed by atoms with Crippen LogP contribution in [0.1, 0.15) is 0 Å². The van der Waals surface area contributed by atoms with E-state index < -0.39 is 0 Å².